The number of hydrogen-bond donors (Lipinski definition) is 1. The van der Waals surface area contributed by atoms with Gasteiger partial charge in [0.25, 0.3) is 0 Å². The summed E-state index contributed by atoms with van der Waals surface area (Å²) in [4.78, 5) is 3.36. The van der Waals surface area contributed by atoms with Crippen LogP contribution in [0.3, 0.4) is 0 Å². The van der Waals surface area contributed by atoms with Gasteiger partial charge in [-0.15, -0.1) is 0 Å². The Kier molecular flexibility index (Phi) is 3.44. The number of hydrogen-bond acceptors (Lipinski definition) is 3. The molecule has 3 rings (SSSR count). The van der Waals surface area contributed by atoms with E-state index in [4.69, 9.17) is 5.73 Å². The van der Waals surface area contributed by atoms with Gasteiger partial charge in [0.15, 0.2) is 0 Å². The summed E-state index contributed by atoms with van der Waals surface area (Å²) in [5, 5.41) is 4.40. The molecular weight excluding hydrogens is 281 g/mol. The van der Waals surface area contributed by atoms with Crippen molar-refractivity contribution in [2.75, 3.05) is 0 Å². The van der Waals surface area contributed by atoms with E-state index in [2.05, 4.69) is 10.1 Å². The Balaban J connectivity index is 2.00. The topological polar surface area (TPSA) is 56.7 Å². The molecule has 4 nitrogen and oxygen atoms in total. The van der Waals surface area contributed by atoms with Crippen molar-refractivity contribution in [2.24, 2.45) is 5.73 Å². The number of fused-ring (bicyclic) bond motifs is 1. The summed E-state index contributed by atoms with van der Waals surface area (Å²) in [6, 6.07) is 2.41. The molecule has 1 aliphatic carbocycles. The van der Waals surface area contributed by atoms with Crippen LogP contribution >= 0.6 is 0 Å². The smallest absolute Gasteiger partial charge is 0.324 e. The zero-order valence-electron chi connectivity index (χ0n) is 11.3. The van der Waals surface area contributed by atoms with Crippen LogP contribution in [0.25, 0.3) is 5.69 Å². The maximum atomic E-state index is 12.7. The second-order valence-electron chi connectivity index (χ2n) is 5.23. The van der Waals surface area contributed by atoms with E-state index in [-0.39, 0.29) is 6.04 Å². The summed E-state index contributed by atoms with van der Waals surface area (Å²) in [5.74, 6) is 0. The number of halogens is 3. The Hall–Kier alpha value is -1.89. The van der Waals surface area contributed by atoms with Gasteiger partial charge in [-0.1, -0.05) is 6.42 Å². The highest BCUT2D eigenvalue weighted by atomic mass is 19.4. The molecule has 21 heavy (non-hydrogen) atoms. The van der Waals surface area contributed by atoms with Crippen LogP contribution in [-0.2, 0) is 12.6 Å². The van der Waals surface area contributed by atoms with Gasteiger partial charge in [0, 0.05) is 24.0 Å². The third kappa shape index (κ3) is 2.78. The first-order valence-electron chi connectivity index (χ1n) is 6.83. The number of aromatic nitrogens is 3. The van der Waals surface area contributed by atoms with E-state index in [1.165, 1.54) is 10.7 Å². The molecule has 1 atom stereocenters. The molecule has 2 aromatic rings. The molecule has 0 saturated heterocycles. The summed E-state index contributed by atoms with van der Waals surface area (Å²) in [6.45, 7) is 0. The average Bonchev–Trinajstić information content (AvgIpc) is 2.80. The van der Waals surface area contributed by atoms with Gasteiger partial charge in [-0.3, -0.25) is 4.98 Å². The first-order chi connectivity index (χ1) is 9.95. The fraction of sp³-hybridized carbons (Fsp3) is 0.429. The van der Waals surface area contributed by atoms with Crippen LogP contribution in [0.4, 0.5) is 13.2 Å². The SMILES string of the molecule is NC1CCCCc2nn(-c3ccnc(C(F)(F)F)c3)cc21. The Bertz CT molecular complexity index is 648. The lowest BCUT2D eigenvalue weighted by molar-refractivity contribution is -0.141. The average molecular weight is 296 g/mol. The maximum absolute atomic E-state index is 12.7. The van der Waals surface area contributed by atoms with Crippen molar-refractivity contribution in [3.05, 3.63) is 41.5 Å². The van der Waals surface area contributed by atoms with Gasteiger partial charge in [-0.05, 0) is 31.4 Å². The Morgan fingerprint density at radius 2 is 2.10 bits per heavy atom. The number of nitrogens with zero attached hydrogens (tertiary/aromatic N) is 3. The lowest BCUT2D eigenvalue weighted by Crippen LogP contribution is -2.09. The van der Waals surface area contributed by atoms with Crippen molar-refractivity contribution in [3.8, 4) is 5.69 Å². The van der Waals surface area contributed by atoms with Gasteiger partial charge in [-0.2, -0.15) is 18.3 Å². The largest absolute Gasteiger partial charge is 0.433 e. The van der Waals surface area contributed by atoms with Crippen LogP contribution in [0, 0.1) is 0 Å². The van der Waals surface area contributed by atoms with Gasteiger partial charge in [0.05, 0.1) is 11.4 Å². The molecule has 0 bridgehead atoms. The van der Waals surface area contributed by atoms with E-state index < -0.39 is 11.9 Å². The maximum Gasteiger partial charge on any atom is 0.433 e. The second-order valence-corrected chi connectivity index (χ2v) is 5.23. The molecule has 0 aliphatic heterocycles. The third-order valence-electron chi connectivity index (χ3n) is 3.70. The lowest BCUT2D eigenvalue weighted by atomic mass is 10.1. The molecule has 1 unspecified atom stereocenters. The summed E-state index contributed by atoms with van der Waals surface area (Å²) in [5.41, 5.74) is 7.32. The molecule has 0 radical (unpaired) electrons. The van der Waals surface area contributed by atoms with Crippen LogP contribution in [0.15, 0.2) is 24.5 Å². The molecule has 0 aromatic carbocycles. The van der Waals surface area contributed by atoms with Crippen LogP contribution in [-0.4, -0.2) is 14.8 Å². The van der Waals surface area contributed by atoms with E-state index in [0.717, 1.165) is 49.2 Å². The fourth-order valence-corrected chi connectivity index (χ4v) is 2.59. The lowest BCUT2D eigenvalue weighted by Gasteiger charge is -2.08. The Morgan fingerprint density at radius 1 is 1.29 bits per heavy atom. The summed E-state index contributed by atoms with van der Waals surface area (Å²) in [6.07, 6.45) is 2.16. The second kappa shape index (κ2) is 5.14. The monoisotopic (exact) mass is 296 g/mol. The van der Waals surface area contributed by atoms with E-state index in [1.54, 1.807) is 6.20 Å². The van der Waals surface area contributed by atoms with E-state index >= 15 is 0 Å². The Labute approximate surface area is 119 Å². The number of nitrogens with two attached hydrogens (primary N) is 1. The molecule has 0 amide bonds. The number of alkyl halides is 3. The summed E-state index contributed by atoms with van der Waals surface area (Å²) < 4.78 is 39.6. The van der Waals surface area contributed by atoms with E-state index in [0.29, 0.717) is 5.69 Å². The molecule has 0 spiro atoms. The van der Waals surface area contributed by atoms with Crippen molar-refractivity contribution in [2.45, 2.75) is 37.9 Å². The normalized spacial score (nSPS) is 19.1. The molecule has 0 fully saturated rings. The van der Waals surface area contributed by atoms with Crippen molar-refractivity contribution < 1.29 is 13.2 Å². The highest BCUT2D eigenvalue weighted by Gasteiger charge is 2.32. The first-order valence-corrected chi connectivity index (χ1v) is 6.83. The number of pyridine rings is 1. The van der Waals surface area contributed by atoms with Crippen molar-refractivity contribution >= 4 is 0 Å². The van der Waals surface area contributed by atoms with Gasteiger partial charge >= 0.3 is 6.18 Å². The van der Waals surface area contributed by atoms with Gasteiger partial charge in [0.2, 0.25) is 0 Å². The van der Waals surface area contributed by atoms with Crippen molar-refractivity contribution in [1.29, 1.82) is 0 Å². The molecule has 112 valence electrons. The summed E-state index contributed by atoms with van der Waals surface area (Å²) >= 11 is 0. The third-order valence-corrected chi connectivity index (χ3v) is 3.70. The van der Waals surface area contributed by atoms with Crippen LogP contribution < -0.4 is 5.73 Å². The fourth-order valence-electron chi connectivity index (χ4n) is 2.59. The molecule has 2 heterocycles. The standard InChI is InChI=1S/C14H15F3N4/c15-14(16,17)13-7-9(5-6-19-13)21-8-10-11(18)3-1-2-4-12(10)20-21/h5-8,11H,1-4,18H2. The molecule has 0 saturated carbocycles. The quantitative estimate of drug-likeness (QED) is 0.823. The van der Waals surface area contributed by atoms with Crippen LogP contribution in [0.5, 0.6) is 0 Å². The summed E-state index contributed by atoms with van der Waals surface area (Å²) in [7, 11) is 0. The number of rotatable bonds is 1. The zero-order valence-corrected chi connectivity index (χ0v) is 11.3. The van der Waals surface area contributed by atoms with Gasteiger partial charge in [0.1, 0.15) is 5.69 Å². The first kappa shape index (κ1) is 14.1. The molecular formula is C14H15F3N4. The Morgan fingerprint density at radius 3 is 2.86 bits per heavy atom. The zero-order chi connectivity index (χ0) is 15.0. The minimum Gasteiger partial charge on any atom is -0.324 e. The highest BCUT2D eigenvalue weighted by Crippen LogP contribution is 2.30. The highest BCUT2D eigenvalue weighted by molar-refractivity contribution is 5.35. The molecule has 7 heteroatoms. The molecule has 1 aliphatic rings. The van der Waals surface area contributed by atoms with E-state index in [9.17, 15) is 13.2 Å². The minimum atomic E-state index is -4.46. The predicted molar refractivity (Wildman–Crippen MR) is 70.8 cm³/mol. The number of aryl methyl sites for hydroxylation is 1. The van der Waals surface area contributed by atoms with Crippen LogP contribution in [0.2, 0.25) is 0 Å². The van der Waals surface area contributed by atoms with Crippen molar-refractivity contribution in [3.63, 3.8) is 0 Å². The van der Waals surface area contributed by atoms with Crippen molar-refractivity contribution in [1.82, 2.24) is 14.8 Å². The van der Waals surface area contributed by atoms with Gasteiger partial charge < -0.3 is 5.73 Å². The minimum absolute atomic E-state index is 0.0971. The predicted octanol–water partition coefficient (Wildman–Crippen LogP) is 3.01. The van der Waals surface area contributed by atoms with Crippen LogP contribution in [0.1, 0.15) is 42.3 Å². The van der Waals surface area contributed by atoms with Gasteiger partial charge in [-0.25, -0.2) is 4.68 Å². The van der Waals surface area contributed by atoms with E-state index in [1.807, 2.05) is 0 Å². The molecule has 2 aromatic heterocycles. The molecule has 2 N–H and O–H groups in total.